The molecule has 1 fully saturated rings. The average molecular weight is 348 g/mol. The van der Waals surface area contributed by atoms with Gasteiger partial charge in [0, 0.05) is 18.3 Å². The van der Waals surface area contributed by atoms with E-state index < -0.39 is 0 Å². The zero-order chi connectivity index (χ0) is 16.9. The molecule has 2 N–H and O–H groups in total. The molecule has 1 aliphatic carbocycles. The smallest absolute Gasteiger partial charge is 0.270 e. The van der Waals surface area contributed by atoms with E-state index in [2.05, 4.69) is 10.3 Å². The molecule has 1 heterocycles. The summed E-state index contributed by atoms with van der Waals surface area (Å²) < 4.78 is 13.7. The van der Waals surface area contributed by atoms with Crippen molar-refractivity contribution >= 4 is 17.2 Å². The van der Waals surface area contributed by atoms with Gasteiger partial charge in [-0.3, -0.25) is 4.79 Å². The molecule has 0 bridgehead atoms. The normalized spacial score (nSPS) is 20.8. The molecule has 0 spiro atoms. The number of thiazole rings is 1. The fourth-order valence-corrected chi connectivity index (χ4v) is 3.87. The van der Waals surface area contributed by atoms with Crippen molar-refractivity contribution in [2.45, 2.75) is 38.2 Å². The van der Waals surface area contributed by atoms with Gasteiger partial charge in [-0.05, 0) is 36.8 Å². The second-order valence-corrected chi connectivity index (χ2v) is 7.23. The minimum Gasteiger partial charge on any atom is -0.393 e. The Kier molecular flexibility index (Phi) is 5.58. The summed E-state index contributed by atoms with van der Waals surface area (Å²) in [4.78, 5) is 16.5. The molecule has 1 aliphatic rings. The Hall–Kier alpha value is -1.79. The Morgan fingerprint density at radius 1 is 1.38 bits per heavy atom. The number of amides is 1. The summed E-state index contributed by atoms with van der Waals surface area (Å²) in [6.07, 6.45) is 3.79. The van der Waals surface area contributed by atoms with Crippen LogP contribution in [0.1, 0.15) is 46.7 Å². The van der Waals surface area contributed by atoms with Gasteiger partial charge in [-0.2, -0.15) is 0 Å². The lowest BCUT2D eigenvalue weighted by atomic mass is 9.87. The zero-order valence-electron chi connectivity index (χ0n) is 13.4. The number of benzene rings is 1. The van der Waals surface area contributed by atoms with Crippen LogP contribution < -0.4 is 5.32 Å². The maximum absolute atomic E-state index is 13.7. The molecule has 6 heteroatoms. The summed E-state index contributed by atoms with van der Waals surface area (Å²) in [6.45, 7) is 0.566. The van der Waals surface area contributed by atoms with Crippen molar-refractivity contribution in [1.29, 1.82) is 0 Å². The Morgan fingerprint density at radius 2 is 2.21 bits per heavy atom. The van der Waals surface area contributed by atoms with Gasteiger partial charge in [0.15, 0.2) is 0 Å². The summed E-state index contributed by atoms with van der Waals surface area (Å²) in [5, 5.41) is 15.0. The first-order valence-corrected chi connectivity index (χ1v) is 9.14. The van der Waals surface area contributed by atoms with Gasteiger partial charge in [-0.1, -0.05) is 24.6 Å². The van der Waals surface area contributed by atoms with E-state index in [9.17, 15) is 14.3 Å². The van der Waals surface area contributed by atoms with Gasteiger partial charge in [0.05, 0.1) is 11.1 Å². The molecule has 128 valence electrons. The van der Waals surface area contributed by atoms with E-state index in [0.29, 0.717) is 30.1 Å². The Balaban J connectivity index is 1.55. The topological polar surface area (TPSA) is 62.2 Å². The van der Waals surface area contributed by atoms with Crippen molar-refractivity contribution in [3.8, 4) is 0 Å². The largest absolute Gasteiger partial charge is 0.393 e. The van der Waals surface area contributed by atoms with Gasteiger partial charge < -0.3 is 10.4 Å². The van der Waals surface area contributed by atoms with Crippen molar-refractivity contribution in [2.75, 3.05) is 6.54 Å². The van der Waals surface area contributed by atoms with Crippen molar-refractivity contribution in [2.24, 2.45) is 5.92 Å². The Bertz CT molecular complexity index is 704. The van der Waals surface area contributed by atoms with Crippen LogP contribution in [0.15, 0.2) is 29.6 Å². The first-order valence-electron chi connectivity index (χ1n) is 8.26. The highest BCUT2D eigenvalue weighted by Crippen LogP contribution is 2.23. The molecule has 0 aliphatic heterocycles. The third-order valence-electron chi connectivity index (χ3n) is 4.39. The molecular formula is C18H21FN2O2S. The number of hydrogen-bond acceptors (Lipinski definition) is 4. The number of nitrogens with one attached hydrogen (secondary N) is 1. The molecule has 3 rings (SSSR count). The molecule has 2 aromatic rings. The monoisotopic (exact) mass is 348 g/mol. The number of aliphatic hydroxyl groups is 1. The third-order valence-corrected chi connectivity index (χ3v) is 5.24. The lowest BCUT2D eigenvalue weighted by Gasteiger charge is -2.25. The highest BCUT2D eigenvalue weighted by atomic mass is 32.1. The average Bonchev–Trinajstić information content (AvgIpc) is 3.04. The second kappa shape index (κ2) is 7.85. The van der Waals surface area contributed by atoms with Crippen LogP contribution in [0.5, 0.6) is 0 Å². The fourth-order valence-electron chi connectivity index (χ4n) is 3.08. The van der Waals surface area contributed by atoms with Crippen molar-refractivity contribution < 1.29 is 14.3 Å². The second-order valence-electron chi connectivity index (χ2n) is 6.29. The molecule has 0 radical (unpaired) electrons. The lowest BCUT2D eigenvalue weighted by molar-refractivity contribution is 0.0870. The minimum atomic E-state index is -0.255. The first-order chi connectivity index (χ1) is 11.6. The summed E-state index contributed by atoms with van der Waals surface area (Å²) in [5.41, 5.74) is 0.956. The fraction of sp³-hybridized carbons (Fsp3) is 0.444. The van der Waals surface area contributed by atoms with Crippen LogP contribution in [0.2, 0.25) is 0 Å². The van der Waals surface area contributed by atoms with E-state index in [0.717, 1.165) is 30.7 Å². The predicted octanol–water partition coefficient (Wildman–Crippen LogP) is 3.15. The first kappa shape index (κ1) is 17.0. The highest BCUT2D eigenvalue weighted by molar-refractivity contribution is 7.09. The van der Waals surface area contributed by atoms with Crippen LogP contribution in [0, 0.1) is 11.7 Å². The van der Waals surface area contributed by atoms with E-state index in [1.54, 1.807) is 23.6 Å². The maximum Gasteiger partial charge on any atom is 0.270 e. The Morgan fingerprint density at radius 3 is 3.00 bits per heavy atom. The molecule has 24 heavy (non-hydrogen) atoms. The predicted molar refractivity (Wildman–Crippen MR) is 91.6 cm³/mol. The molecule has 1 amide bonds. The van der Waals surface area contributed by atoms with Crippen molar-refractivity contribution in [3.05, 3.63) is 51.7 Å². The number of rotatable bonds is 5. The number of halogens is 1. The van der Waals surface area contributed by atoms with Gasteiger partial charge in [0.2, 0.25) is 0 Å². The standard InChI is InChI=1S/C18H21FN2O2S/c19-15-7-2-1-5-13(15)9-17-21-16(11-24-17)18(23)20-10-12-4-3-6-14(22)8-12/h1-2,5,7,11-12,14,22H,3-4,6,8-10H2,(H,20,23). The third kappa shape index (κ3) is 4.39. The van der Waals surface area contributed by atoms with Crippen LogP contribution in [-0.4, -0.2) is 28.6 Å². The summed E-state index contributed by atoms with van der Waals surface area (Å²) >= 11 is 1.36. The summed E-state index contributed by atoms with van der Waals surface area (Å²) in [5.74, 6) is -0.130. The van der Waals surface area contributed by atoms with Gasteiger partial charge in [-0.15, -0.1) is 11.3 Å². The molecule has 4 nitrogen and oxygen atoms in total. The number of nitrogens with zero attached hydrogens (tertiary/aromatic N) is 1. The molecule has 1 aromatic heterocycles. The van der Waals surface area contributed by atoms with Gasteiger partial charge in [0.1, 0.15) is 11.5 Å². The number of carbonyl (C=O) groups is 1. The summed E-state index contributed by atoms with van der Waals surface area (Å²) in [6, 6.07) is 6.60. The van der Waals surface area contributed by atoms with Crippen molar-refractivity contribution in [1.82, 2.24) is 10.3 Å². The highest BCUT2D eigenvalue weighted by Gasteiger charge is 2.21. The molecule has 0 saturated heterocycles. The number of carbonyl (C=O) groups excluding carboxylic acids is 1. The van der Waals surface area contributed by atoms with E-state index in [1.165, 1.54) is 17.4 Å². The van der Waals surface area contributed by atoms with Gasteiger partial charge in [0.25, 0.3) is 5.91 Å². The molecule has 2 unspecified atom stereocenters. The molecule has 1 aromatic carbocycles. The van der Waals surface area contributed by atoms with E-state index >= 15 is 0 Å². The van der Waals surface area contributed by atoms with E-state index in [1.807, 2.05) is 0 Å². The van der Waals surface area contributed by atoms with Crippen LogP contribution >= 0.6 is 11.3 Å². The lowest BCUT2D eigenvalue weighted by Crippen LogP contribution is -2.33. The van der Waals surface area contributed by atoms with Gasteiger partial charge >= 0.3 is 0 Å². The van der Waals surface area contributed by atoms with Gasteiger partial charge in [-0.25, -0.2) is 9.37 Å². The summed E-state index contributed by atoms with van der Waals surface area (Å²) in [7, 11) is 0. The van der Waals surface area contributed by atoms with Crippen LogP contribution in [0.25, 0.3) is 0 Å². The number of hydrogen-bond donors (Lipinski definition) is 2. The zero-order valence-corrected chi connectivity index (χ0v) is 14.2. The van der Waals surface area contributed by atoms with Crippen LogP contribution in [-0.2, 0) is 6.42 Å². The Labute approximate surface area is 144 Å². The molecular weight excluding hydrogens is 327 g/mol. The van der Waals surface area contributed by atoms with E-state index in [4.69, 9.17) is 0 Å². The maximum atomic E-state index is 13.7. The number of aliphatic hydroxyl groups excluding tert-OH is 1. The van der Waals surface area contributed by atoms with E-state index in [-0.39, 0.29) is 17.8 Å². The molecule has 2 atom stereocenters. The minimum absolute atomic E-state index is 0.203. The SMILES string of the molecule is O=C(NCC1CCCC(O)C1)c1csc(Cc2ccccc2F)n1. The quantitative estimate of drug-likeness (QED) is 0.872. The molecule has 1 saturated carbocycles. The van der Waals surface area contributed by atoms with Crippen LogP contribution in [0.4, 0.5) is 4.39 Å². The van der Waals surface area contributed by atoms with Crippen molar-refractivity contribution in [3.63, 3.8) is 0 Å². The number of aromatic nitrogens is 1. The van der Waals surface area contributed by atoms with Crippen LogP contribution in [0.3, 0.4) is 0 Å².